The maximum absolute atomic E-state index is 12.6. The van der Waals surface area contributed by atoms with Gasteiger partial charge < -0.3 is 15.0 Å². The molecule has 1 saturated heterocycles. The first-order chi connectivity index (χ1) is 14.2. The van der Waals surface area contributed by atoms with Crippen LogP contribution in [0.25, 0.3) is 0 Å². The number of nitrogens with one attached hydrogen (secondary N) is 1. The Morgan fingerprint density at radius 2 is 1.84 bits per heavy atom. The van der Waals surface area contributed by atoms with Crippen molar-refractivity contribution in [2.75, 3.05) is 33.8 Å². The number of carbonyl (C=O) groups excluding carboxylic acids is 1. The highest BCUT2D eigenvalue weighted by atomic mass is 127. The van der Waals surface area contributed by atoms with E-state index in [2.05, 4.69) is 10.2 Å². The second-order valence-corrected chi connectivity index (χ2v) is 9.71. The Balaban J connectivity index is 0.00000480. The van der Waals surface area contributed by atoms with E-state index >= 15 is 0 Å². The zero-order valence-electron chi connectivity index (χ0n) is 19.0. The Morgan fingerprint density at radius 3 is 2.32 bits per heavy atom. The molecule has 0 radical (unpaired) electrons. The first kappa shape index (κ1) is 27.6. The molecule has 0 unspecified atom stereocenters. The molecule has 8 nitrogen and oxygen atoms in total. The van der Waals surface area contributed by atoms with Crippen LogP contribution in [0.5, 0.6) is 0 Å². The molecule has 0 bridgehead atoms. The van der Waals surface area contributed by atoms with Gasteiger partial charge in [-0.25, -0.2) is 13.4 Å². The van der Waals surface area contributed by atoms with Gasteiger partial charge in [0.2, 0.25) is 10.0 Å². The fourth-order valence-electron chi connectivity index (χ4n) is 3.30. The molecule has 1 aromatic rings. The van der Waals surface area contributed by atoms with Crippen molar-refractivity contribution < 1.29 is 17.9 Å². The van der Waals surface area contributed by atoms with Gasteiger partial charge in [-0.05, 0) is 51.3 Å². The number of esters is 1. The van der Waals surface area contributed by atoms with E-state index in [9.17, 15) is 13.2 Å². The van der Waals surface area contributed by atoms with Crippen molar-refractivity contribution in [1.29, 1.82) is 0 Å². The van der Waals surface area contributed by atoms with Crippen LogP contribution in [0, 0.1) is 5.92 Å². The molecule has 2 rings (SSSR count). The summed E-state index contributed by atoms with van der Waals surface area (Å²) in [4.78, 5) is 18.9. The number of guanidine groups is 1. The lowest BCUT2D eigenvalue weighted by Gasteiger charge is -2.33. The summed E-state index contributed by atoms with van der Waals surface area (Å²) in [6.45, 7) is 8.37. The zero-order chi connectivity index (χ0) is 22.3. The minimum atomic E-state index is -3.49. The summed E-state index contributed by atoms with van der Waals surface area (Å²) in [6, 6.07) is 6.77. The third-order valence-electron chi connectivity index (χ3n) is 5.40. The minimum Gasteiger partial charge on any atom is -0.469 e. The van der Waals surface area contributed by atoms with Crippen LogP contribution in [0.2, 0.25) is 0 Å². The molecule has 31 heavy (non-hydrogen) atoms. The molecule has 1 aliphatic heterocycles. The fourth-order valence-corrected chi connectivity index (χ4v) is 4.66. The van der Waals surface area contributed by atoms with Gasteiger partial charge in [-0.3, -0.25) is 4.79 Å². The standard InChI is InChI=1S/C21H34N4O4S.HI/c1-6-22-21(25-13-11-18(12-14-25)20(26)29-5)23-15-17-7-9-19(10-8-17)30(27,28)24(4)16(2)3;/h7-10,16,18H,6,11-15H2,1-5H3,(H,22,23);1H. The van der Waals surface area contributed by atoms with Gasteiger partial charge in [-0.15, -0.1) is 24.0 Å². The quantitative estimate of drug-likeness (QED) is 0.236. The SMILES string of the molecule is CCNC(=NCc1ccc(S(=O)(=O)N(C)C(C)C)cc1)N1CCC(C(=O)OC)CC1.I. The summed E-state index contributed by atoms with van der Waals surface area (Å²) in [5.41, 5.74) is 0.931. The van der Waals surface area contributed by atoms with Crippen molar-refractivity contribution in [1.82, 2.24) is 14.5 Å². The number of benzene rings is 1. The van der Waals surface area contributed by atoms with Crippen molar-refractivity contribution in [3.8, 4) is 0 Å². The summed E-state index contributed by atoms with van der Waals surface area (Å²) in [5, 5.41) is 3.30. The predicted octanol–water partition coefficient (Wildman–Crippen LogP) is 2.68. The van der Waals surface area contributed by atoms with E-state index < -0.39 is 10.0 Å². The number of carbonyl (C=O) groups is 1. The van der Waals surface area contributed by atoms with Crippen LogP contribution in [0.3, 0.4) is 0 Å². The number of hydrogen-bond acceptors (Lipinski definition) is 5. The highest BCUT2D eigenvalue weighted by Gasteiger charge is 2.27. The van der Waals surface area contributed by atoms with Crippen LogP contribution in [-0.4, -0.2) is 69.4 Å². The average Bonchev–Trinajstić information content (AvgIpc) is 2.75. The molecule has 1 N–H and O–H groups in total. The van der Waals surface area contributed by atoms with Crippen LogP contribution >= 0.6 is 24.0 Å². The number of sulfonamides is 1. The molecule has 0 saturated carbocycles. The lowest BCUT2D eigenvalue weighted by Crippen LogP contribution is -2.46. The van der Waals surface area contributed by atoms with Crippen molar-refractivity contribution >= 4 is 45.9 Å². The number of aliphatic imine (C=N–C) groups is 1. The predicted molar refractivity (Wildman–Crippen MR) is 133 cm³/mol. The van der Waals surface area contributed by atoms with Gasteiger partial charge in [0.1, 0.15) is 0 Å². The number of methoxy groups -OCH3 is 1. The second kappa shape index (κ2) is 12.6. The molecule has 1 aliphatic rings. The maximum atomic E-state index is 12.6. The van der Waals surface area contributed by atoms with Gasteiger partial charge >= 0.3 is 5.97 Å². The molecule has 1 aromatic carbocycles. The van der Waals surface area contributed by atoms with Gasteiger partial charge in [-0.2, -0.15) is 4.31 Å². The molecular weight excluding hydrogens is 531 g/mol. The van der Waals surface area contributed by atoms with Gasteiger partial charge in [0.05, 0.1) is 24.5 Å². The Kier molecular flexibility index (Phi) is 11.2. The molecule has 0 aliphatic carbocycles. The molecule has 1 heterocycles. The zero-order valence-corrected chi connectivity index (χ0v) is 22.1. The molecule has 1 fully saturated rings. The highest BCUT2D eigenvalue weighted by Crippen LogP contribution is 2.20. The smallest absolute Gasteiger partial charge is 0.308 e. The number of piperidine rings is 1. The number of halogens is 1. The summed E-state index contributed by atoms with van der Waals surface area (Å²) in [7, 11) is -0.472. The van der Waals surface area contributed by atoms with Gasteiger partial charge in [0.25, 0.3) is 0 Å². The average molecular weight is 567 g/mol. The molecule has 176 valence electrons. The Morgan fingerprint density at radius 1 is 1.26 bits per heavy atom. The third kappa shape index (κ3) is 7.31. The molecular formula is C21H35IN4O4S. The van der Waals surface area contributed by atoms with E-state index in [-0.39, 0.29) is 46.8 Å². The first-order valence-electron chi connectivity index (χ1n) is 10.4. The van der Waals surface area contributed by atoms with Gasteiger partial charge in [-0.1, -0.05) is 12.1 Å². The normalized spacial score (nSPS) is 15.7. The Bertz CT molecular complexity index is 835. The maximum Gasteiger partial charge on any atom is 0.308 e. The van der Waals surface area contributed by atoms with E-state index in [1.165, 1.54) is 11.4 Å². The summed E-state index contributed by atoms with van der Waals surface area (Å²) >= 11 is 0. The highest BCUT2D eigenvalue weighted by molar-refractivity contribution is 14.0. The van der Waals surface area contributed by atoms with Crippen LogP contribution in [0.15, 0.2) is 34.2 Å². The fraction of sp³-hybridized carbons (Fsp3) is 0.619. The molecule has 0 atom stereocenters. The van der Waals surface area contributed by atoms with E-state index in [4.69, 9.17) is 9.73 Å². The number of rotatable bonds is 7. The largest absolute Gasteiger partial charge is 0.469 e. The summed E-state index contributed by atoms with van der Waals surface area (Å²) < 4.78 is 31.4. The number of likely N-dealkylation sites (tertiary alicyclic amines) is 1. The van der Waals surface area contributed by atoms with Gasteiger partial charge in [0.15, 0.2) is 5.96 Å². The molecule has 0 spiro atoms. The molecule has 10 heteroatoms. The molecule has 0 aromatic heterocycles. The lowest BCUT2D eigenvalue weighted by atomic mass is 9.97. The van der Waals surface area contributed by atoms with Crippen LogP contribution in [-0.2, 0) is 26.1 Å². The van der Waals surface area contributed by atoms with E-state index in [0.717, 1.165) is 44.0 Å². The third-order valence-corrected chi connectivity index (χ3v) is 7.45. The van der Waals surface area contributed by atoms with Crippen LogP contribution < -0.4 is 5.32 Å². The summed E-state index contributed by atoms with van der Waals surface area (Å²) in [5.74, 6) is 0.611. The Hall–Kier alpha value is -1.40. The minimum absolute atomic E-state index is 0. The van der Waals surface area contributed by atoms with Crippen molar-refractivity contribution in [3.05, 3.63) is 29.8 Å². The van der Waals surface area contributed by atoms with E-state index in [1.807, 2.05) is 20.8 Å². The van der Waals surface area contributed by atoms with E-state index in [1.54, 1.807) is 31.3 Å². The van der Waals surface area contributed by atoms with Crippen LogP contribution in [0.1, 0.15) is 39.2 Å². The molecule has 0 amide bonds. The van der Waals surface area contributed by atoms with Crippen molar-refractivity contribution in [3.63, 3.8) is 0 Å². The second-order valence-electron chi connectivity index (χ2n) is 7.71. The van der Waals surface area contributed by atoms with Gasteiger partial charge in [0, 0.05) is 32.7 Å². The summed E-state index contributed by atoms with van der Waals surface area (Å²) in [6.07, 6.45) is 1.49. The van der Waals surface area contributed by atoms with Crippen molar-refractivity contribution in [2.45, 2.75) is 51.1 Å². The lowest BCUT2D eigenvalue weighted by molar-refractivity contribution is -0.146. The Labute approximate surface area is 203 Å². The van der Waals surface area contributed by atoms with Crippen LogP contribution in [0.4, 0.5) is 0 Å². The van der Waals surface area contributed by atoms with E-state index in [0.29, 0.717) is 6.54 Å². The topological polar surface area (TPSA) is 91.3 Å². The first-order valence-corrected chi connectivity index (χ1v) is 11.8. The number of nitrogens with zero attached hydrogens (tertiary/aromatic N) is 3. The number of ether oxygens (including phenoxy) is 1. The number of hydrogen-bond donors (Lipinski definition) is 1. The van der Waals surface area contributed by atoms with Crippen molar-refractivity contribution in [2.24, 2.45) is 10.9 Å². The monoisotopic (exact) mass is 566 g/mol.